The van der Waals surface area contributed by atoms with Crippen LogP contribution in [0.2, 0.25) is 0 Å². The fourth-order valence-electron chi connectivity index (χ4n) is 3.08. The summed E-state index contributed by atoms with van der Waals surface area (Å²) >= 11 is 0. The molecule has 0 heterocycles. The Balaban J connectivity index is 1.60. The van der Waals surface area contributed by atoms with Crippen molar-refractivity contribution in [3.05, 3.63) is 29.8 Å². The third kappa shape index (κ3) is 7.04. The SMILES string of the molecule is CCOc1ccc(CC(=O)NCCNC2CCCCCC2)cc1. The van der Waals surface area contributed by atoms with Crippen molar-refractivity contribution in [2.75, 3.05) is 19.7 Å². The van der Waals surface area contributed by atoms with Crippen LogP contribution in [0, 0.1) is 0 Å². The van der Waals surface area contributed by atoms with E-state index in [-0.39, 0.29) is 5.91 Å². The number of nitrogens with one attached hydrogen (secondary N) is 2. The van der Waals surface area contributed by atoms with Crippen LogP contribution in [0.15, 0.2) is 24.3 Å². The molecule has 0 radical (unpaired) electrons. The predicted molar refractivity (Wildman–Crippen MR) is 93.8 cm³/mol. The molecular formula is C19H30N2O2. The molecule has 1 aromatic rings. The average Bonchev–Trinajstić information content (AvgIpc) is 2.82. The van der Waals surface area contributed by atoms with Gasteiger partial charge in [0.15, 0.2) is 0 Å². The largest absolute Gasteiger partial charge is 0.494 e. The monoisotopic (exact) mass is 318 g/mol. The topological polar surface area (TPSA) is 50.4 Å². The second kappa shape index (κ2) is 10.3. The first-order chi connectivity index (χ1) is 11.3. The van der Waals surface area contributed by atoms with Gasteiger partial charge in [-0.25, -0.2) is 0 Å². The minimum atomic E-state index is 0.0804. The van der Waals surface area contributed by atoms with Crippen LogP contribution in [0.1, 0.15) is 51.0 Å². The van der Waals surface area contributed by atoms with Crippen molar-refractivity contribution in [2.45, 2.75) is 57.9 Å². The van der Waals surface area contributed by atoms with Gasteiger partial charge in [-0.1, -0.05) is 37.8 Å². The number of hydrogen-bond donors (Lipinski definition) is 2. The maximum atomic E-state index is 12.0. The van der Waals surface area contributed by atoms with Gasteiger partial charge < -0.3 is 15.4 Å². The number of benzene rings is 1. The van der Waals surface area contributed by atoms with E-state index in [4.69, 9.17) is 4.74 Å². The van der Waals surface area contributed by atoms with E-state index >= 15 is 0 Å². The van der Waals surface area contributed by atoms with Crippen molar-refractivity contribution >= 4 is 5.91 Å². The van der Waals surface area contributed by atoms with Crippen LogP contribution in [-0.4, -0.2) is 31.6 Å². The summed E-state index contributed by atoms with van der Waals surface area (Å²) in [5, 5.41) is 6.56. The van der Waals surface area contributed by atoms with Gasteiger partial charge in [0.25, 0.3) is 0 Å². The fraction of sp³-hybridized carbons (Fsp3) is 0.632. The van der Waals surface area contributed by atoms with Gasteiger partial charge in [-0.2, -0.15) is 0 Å². The zero-order valence-corrected chi connectivity index (χ0v) is 14.3. The molecule has 23 heavy (non-hydrogen) atoms. The summed E-state index contributed by atoms with van der Waals surface area (Å²) in [6.45, 7) is 4.18. The fourth-order valence-corrected chi connectivity index (χ4v) is 3.08. The van der Waals surface area contributed by atoms with Gasteiger partial charge in [0.1, 0.15) is 5.75 Å². The number of hydrogen-bond acceptors (Lipinski definition) is 3. The summed E-state index contributed by atoms with van der Waals surface area (Å²) < 4.78 is 5.40. The summed E-state index contributed by atoms with van der Waals surface area (Å²) in [5.41, 5.74) is 1.02. The first-order valence-corrected chi connectivity index (χ1v) is 8.99. The lowest BCUT2D eigenvalue weighted by molar-refractivity contribution is -0.120. The molecule has 0 bridgehead atoms. The van der Waals surface area contributed by atoms with Gasteiger partial charge in [-0.3, -0.25) is 4.79 Å². The lowest BCUT2D eigenvalue weighted by Gasteiger charge is -2.16. The second-order valence-electron chi connectivity index (χ2n) is 6.25. The smallest absolute Gasteiger partial charge is 0.224 e. The predicted octanol–water partition coefficient (Wildman–Crippen LogP) is 3.06. The number of amides is 1. The van der Waals surface area contributed by atoms with Gasteiger partial charge in [0, 0.05) is 19.1 Å². The first-order valence-electron chi connectivity index (χ1n) is 8.99. The lowest BCUT2D eigenvalue weighted by atomic mass is 10.1. The molecule has 4 heteroatoms. The third-order valence-corrected chi connectivity index (χ3v) is 4.33. The molecule has 0 unspecified atom stereocenters. The van der Waals surface area contributed by atoms with Gasteiger partial charge >= 0.3 is 0 Å². The summed E-state index contributed by atoms with van der Waals surface area (Å²) in [4.78, 5) is 12.0. The molecule has 0 spiro atoms. The average molecular weight is 318 g/mol. The van der Waals surface area contributed by atoms with Crippen LogP contribution < -0.4 is 15.4 Å². The van der Waals surface area contributed by atoms with Crippen molar-refractivity contribution in [1.29, 1.82) is 0 Å². The standard InChI is InChI=1S/C19H30N2O2/c1-2-23-18-11-9-16(10-12-18)15-19(22)21-14-13-20-17-7-5-3-4-6-8-17/h9-12,17,20H,2-8,13-15H2,1H3,(H,21,22). The van der Waals surface area contributed by atoms with Gasteiger partial charge in [0.05, 0.1) is 13.0 Å². The second-order valence-corrected chi connectivity index (χ2v) is 6.25. The van der Waals surface area contributed by atoms with E-state index in [1.165, 1.54) is 38.5 Å². The summed E-state index contributed by atoms with van der Waals surface area (Å²) in [7, 11) is 0. The van der Waals surface area contributed by atoms with Crippen LogP contribution in [0.25, 0.3) is 0 Å². The highest BCUT2D eigenvalue weighted by molar-refractivity contribution is 5.78. The van der Waals surface area contributed by atoms with Gasteiger partial charge in [-0.15, -0.1) is 0 Å². The quantitative estimate of drug-likeness (QED) is 0.572. The van der Waals surface area contributed by atoms with E-state index in [1.807, 2.05) is 31.2 Å². The molecule has 1 fully saturated rings. The maximum Gasteiger partial charge on any atom is 0.224 e. The molecule has 0 saturated heterocycles. The minimum Gasteiger partial charge on any atom is -0.494 e. The highest BCUT2D eigenvalue weighted by Gasteiger charge is 2.11. The number of rotatable bonds is 8. The van der Waals surface area contributed by atoms with E-state index in [1.54, 1.807) is 0 Å². The van der Waals surface area contributed by atoms with E-state index in [9.17, 15) is 4.79 Å². The molecule has 1 amide bonds. The lowest BCUT2D eigenvalue weighted by Crippen LogP contribution is -2.37. The van der Waals surface area contributed by atoms with Crippen LogP contribution in [-0.2, 0) is 11.2 Å². The van der Waals surface area contributed by atoms with Gasteiger partial charge in [0.2, 0.25) is 5.91 Å². The third-order valence-electron chi connectivity index (χ3n) is 4.33. The minimum absolute atomic E-state index is 0.0804. The Morgan fingerprint density at radius 2 is 1.78 bits per heavy atom. The Morgan fingerprint density at radius 3 is 2.43 bits per heavy atom. The van der Waals surface area contributed by atoms with Crippen molar-refractivity contribution in [3.8, 4) is 5.75 Å². The van der Waals surface area contributed by atoms with Crippen LogP contribution >= 0.6 is 0 Å². The summed E-state index contributed by atoms with van der Waals surface area (Å²) in [5.74, 6) is 0.932. The molecule has 2 N–H and O–H groups in total. The Bertz CT molecular complexity index is 451. The van der Waals surface area contributed by atoms with E-state index in [0.29, 0.717) is 25.6 Å². The normalized spacial score (nSPS) is 15.9. The zero-order valence-electron chi connectivity index (χ0n) is 14.3. The van der Waals surface area contributed by atoms with Crippen molar-refractivity contribution in [1.82, 2.24) is 10.6 Å². The van der Waals surface area contributed by atoms with E-state index < -0.39 is 0 Å². The number of carbonyl (C=O) groups excluding carboxylic acids is 1. The molecule has 4 nitrogen and oxygen atoms in total. The molecule has 1 aliphatic carbocycles. The molecule has 0 aliphatic heterocycles. The molecule has 1 saturated carbocycles. The highest BCUT2D eigenvalue weighted by Crippen LogP contribution is 2.16. The van der Waals surface area contributed by atoms with Gasteiger partial charge in [-0.05, 0) is 37.5 Å². The Labute approximate surface area is 140 Å². The molecule has 0 atom stereocenters. The van der Waals surface area contributed by atoms with E-state index in [0.717, 1.165) is 17.9 Å². The Hall–Kier alpha value is -1.55. The molecule has 2 rings (SSSR count). The molecule has 0 aromatic heterocycles. The first kappa shape index (κ1) is 17.8. The molecular weight excluding hydrogens is 288 g/mol. The Kier molecular flexibility index (Phi) is 7.95. The number of carbonyl (C=O) groups is 1. The highest BCUT2D eigenvalue weighted by atomic mass is 16.5. The molecule has 1 aromatic carbocycles. The van der Waals surface area contributed by atoms with Crippen LogP contribution in [0.5, 0.6) is 5.75 Å². The Morgan fingerprint density at radius 1 is 1.09 bits per heavy atom. The number of ether oxygens (including phenoxy) is 1. The van der Waals surface area contributed by atoms with Crippen LogP contribution in [0.4, 0.5) is 0 Å². The zero-order chi connectivity index (χ0) is 16.3. The van der Waals surface area contributed by atoms with Crippen LogP contribution in [0.3, 0.4) is 0 Å². The van der Waals surface area contributed by atoms with E-state index in [2.05, 4.69) is 10.6 Å². The molecule has 1 aliphatic rings. The maximum absolute atomic E-state index is 12.0. The molecule has 128 valence electrons. The summed E-state index contributed by atoms with van der Waals surface area (Å²) in [6, 6.07) is 8.38. The van der Waals surface area contributed by atoms with Crippen molar-refractivity contribution < 1.29 is 9.53 Å². The van der Waals surface area contributed by atoms with Crippen molar-refractivity contribution in [3.63, 3.8) is 0 Å². The van der Waals surface area contributed by atoms with Crippen molar-refractivity contribution in [2.24, 2.45) is 0 Å². The summed E-state index contributed by atoms with van der Waals surface area (Å²) in [6.07, 6.45) is 8.40.